The van der Waals surface area contributed by atoms with Gasteiger partial charge in [-0.2, -0.15) is 0 Å². The number of carbonyl (C=O) groups excluding carboxylic acids is 1. The molecular weight excluding hydrogens is 428 g/mol. The van der Waals surface area contributed by atoms with Crippen LogP contribution in [0.5, 0.6) is 5.75 Å². The van der Waals surface area contributed by atoms with Crippen molar-refractivity contribution in [3.05, 3.63) is 38.8 Å². The van der Waals surface area contributed by atoms with Crippen LogP contribution in [0, 0.1) is 0 Å². The van der Waals surface area contributed by atoms with E-state index in [1.165, 1.54) is 0 Å². The molecule has 0 aliphatic rings. The van der Waals surface area contributed by atoms with Gasteiger partial charge in [0.1, 0.15) is 11.4 Å². The number of alkyl carbamates (subject to hydrolysis) is 1. The SMILES string of the molecule is CC(C)(C)OC(=O)NC/C=C/CNCc1cc(Br)c(O)c(Br)c1. The minimum Gasteiger partial charge on any atom is -0.506 e. The molecule has 0 fully saturated rings. The highest BCUT2D eigenvalue weighted by molar-refractivity contribution is 9.11. The third kappa shape index (κ3) is 8.39. The lowest BCUT2D eigenvalue weighted by atomic mass is 10.2. The zero-order valence-electron chi connectivity index (χ0n) is 13.5. The van der Waals surface area contributed by atoms with Crippen LogP contribution in [0.3, 0.4) is 0 Å². The predicted octanol–water partition coefficient (Wildman–Crippen LogP) is 4.09. The molecule has 0 radical (unpaired) electrons. The van der Waals surface area contributed by atoms with Gasteiger partial charge in [-0.3, -0.25) is 0 Å². The van der Waals surface area contributed by atoms with Crippen LogP contribution in [0.25, 0.3) is 0 Å². The van der Waals surface area contributed by atoms with Crippen LogP contribution >= 0.6 is 31.9 Å². The molecule has 0 aliphatic heterocycles. The number of phenolic OH excluding ortho intramolecular Hbond substituents is 1. The Bertz CT molecular complexity index is 546. The van der Waals surface area contributed by atoms with Crippen LogP contribution in [0.4, 0.5) is 4.79 Å². The average Bonchev–Trinajstić information content (AvgIpc) is 2.41. The second-order valence-corrected chi connectivity index (χ2v) is 7.60. The number of hydrogen-bond donors (Lipinski definition) is 3. The summed E-state index contributed by atoms with van der Waals surface area (Å²) in [5.41, 5.74) is 0.559. The Kier molecular flexibility index (Phi) is 8.08. The van der Waals surface area contributed by atoms with E-state index in [0.29, 0.717) is 28.6 Å². The molecule has 0 spiro atoms. The average molecular weight is 450 g/mol. The highest BCUT2D eigenvalue weighted by atomic mass is 79.9. The predicted molar refractivity (Wildman–Crippen MR) is 98.6 cm³/mol. The molecule has 1 aromatic rings. The molecule has 0 atom stereocenters. The van der Waals surface area contributed by atoms with E-state index in [4.69, 9.17) is 4.74 Å². The van der Waals surface area contributed by atoms with Crippen molar-refractivity contribution >= 4 is 38.0 Å². The first-order chi connectivity index (χ1) is 10.7. The molecule has 1 amide bonds. The Morgan fingerprint density at radius 1 is 1.22 bits per heavy atom. The quantitative estimate of drug-likeness (QED) is 0.451. The van der Waals surface area contributed by atoms with Crippen molar-refractivity contribution in [2.24, 2.45) is 0 Å². The molecule has 3 N–H and O–H groups in total. The van der Waals surface area contributed by atoms with Crippen LogP contribution in [0.1, 0.15) is 26.3 Å². The number of carbonyl (C=O) groups is 1. The van der Waals surface area contributed by atoms with Gasteiger partial charge in [-0.25, -0.2) is 4.79 Å². The first kappa shape index (κ1) is 20.0. The number of benzene rings is 1. The van der Waals surface area contributed by atoms with Gasteiger partial charge in [0, 0.05) is 19.6 Å². The minimum atomic E-state index is -0.484. The highest BCUT2D eigenvalue weighted by Crippen LogP contribution is 2.33. The maximum Gasteiger partial charge on any atom is 0.407 e. The molecule has 0 unspecified atom stereocenters. The fraction of sp³-hybridized carbons (Fsp3) is 0.438. The number of halogens is 2. The highest BCUT2D eigenvalue weighted by Gasteiger charge is 2.14. The third-order valence-electron chi connectivity index (χ3n) is 2.60. The van der Waals surface area contributed by atoms with Gasteiger partial charge in [-0.05, 0) is 70.3 Å². The van der Waals surface area contributed by atoms with Crippen molar-refractivity contribution in [2.75, 3.05) is 13.1 Å². The van der Waals surface area contributed by atoms with Crippen LogP contribution in [-0.2, 0) is 11.3 Å². The molecule has 7 heteroatoms. The zero-order valence-corrected chi connectivity index (χ0v) is 16.6. The van der Waals surface area contributed by atoms with Gasteiger partial charge < -0.3 is 20.5 Å². The van der Waals surface area contributed by atoms with Gasteiger partial charge in [0.05, 0.1) is 8.95 Å². The van der Waals surface area contributed by atoms with Crippen molar-refractivity contribution < 1.29 is 14.6 Å². The normalized spacial score (nSPS) is 11.7. The summed E-state index contributed by atoms with van der Waals surface area (Å²) in [6, 6.07) is 3.72. The van der Waals surface area contributed by atoms with E-state index in [2.05, 4.69) is 42.5 Å². The van der Waals surface area contributed by atoms with E-state index in [1.54, 1.807) is 0 Å². The van der Waals surface area contributed by atoms with Crippen molar-refractivity contribution in [1.29, 1.82) is 0 Å². The van der Waals surface area contributed by atoms with Gasteiger partial charge in [-0.15, -0.1) is 0 Å². The molecule has 0 bridgehead atoms. The number of ether oxygens (including phenoxy) is 1. The maximum absolute atomic E-state index is 11.4. The van der Waals surface area contributed by atoms with Gasteiger partial charge in [0.2, 0.25) is 0 Å². The lowest BCUT2D eigenvalue weighted by Crippen LogP contribution is -2.32. The Morgan fingerprint density at radius 2 is 1.78 bits per heavy atom. The molecule has 23 heavy (non-hydrogen) atoms. The number of rotatable bonds is 6. The summed E-state index contributed by atoms with van der Waals surface area (Å²) in [5, 5.41) is 15.5. The second kappa shape index (κ2) is 9.30. The van der Waals surface area contributed by atoms with Gasteiger partial charge in [-0.1, -0.05) is 12.2 Å². The Morgan fingerprint density at radius 3 is 2.35 bits per heavy atom. The van der Waals surface area contributed by atoms with Crippen molar-refractivity contribution in [1.82, 2.24) is 10.6 Å². The Hall–Kier alpha value is -1.05. The van der Waals surface area contributed by atoms with Crippen LogP contribution in [0.2, 0.25) is 0 Å². The number of aromatic hydroxyl groups is 1. The maximum atomic E-state index is 11.4. The fourth-order valence-electron chi connectivity index (χ4n) is 1.64. The summed E-state index contributed by atoms with van der Waals surface area (Å²) in [6.45, 7) is 7.24. The second-order valence-electron chi connectivity index (χ2n) is 5.89. The van der Waals surface area contributed by atoms with E-state index in [0.717, 1.165) is 5.56 Å². The van der Waals surface area contributed by atoms with Crippen molar-refractivity contribution in [2.45, 2.75) is 32.9 Å². The lowest BCUT2D eigenvalue weighted by molar-refractivity contribution is 0.0534. The lowest BCUT2D eigenvalue weighted by Gasteiger charge is -2.19. The van der Waals surface area contributed by atoms with E-state index in [-0.39, 0.29) is 5.75 Å². The topological polar surface area (TPSA) is 70.6 Å². The molecule has 0 heterocycles. The fourth-order valence-corrected chi connectivity index (χ4v) is 2.92. The molecule has 1 rings (SSSR count). The summed E-state index contributed by atoms with van der Waals surface area (Å²) < 4.78 is 6.43. The monoisotopic (exact) mass is 448 g/mol. The summed E-state index contributed by atoms with van der Waals surface area (Å²) >= 11 is 6.60. The molecule has 0 saturated carbocycles. The number of nitrogens with one attached hydrogen (secondary N) is 2. The Balaban J connectivity index is 2.24. The van der Waals surface area contributed by atoms with E-state index >= 15 is 0 Å². The van der Waals surface area contributed by atoms with Crippen LogP contribution in [0.15, 0.2) is 33.2 Å². The first-order valence-corrected chi connectivity index (χ1v) is 8.77. The smallest absolute Gasteiger partial charge is 0.407 e. The molecular formula is C16H22Br2N2O3. The van der Waals surface area contributed by atoms with E-state index in [1.807, 2.05) is 45.1 Å². The summed E-state index contributed by atoms with van der Waals surface area (Å²) in [5.74, 6) is 0.196. The minimum absolute atomic E-state index is 0.196. The van der Waals surface area contributed by atoms with Crippen molar-refractivity contribution in [3.63, 3.8) is 0 Å². The summed E-state index contributed by atoms with van der Waals surface area (Å²) in [7, 11) is 0. The molecule has 128 valence electrons. The molecule has 0 aliphatic carbocycles. The largest absolute Gasteiger partial charge is 0.506 e. The third-order valence-corrected chi connectivity index (χ3v) is 3.81. The number of hydrogen-bond acceptors (Lipinski definition) is 4. The summed E-state index contributed by atoms with van der Waals surface area (Å²) in [4.78, 5) is 11.4. The van der Waals surface area contributed by atoms with E-state index < -0.39 is 11.7 Å². The van der Waals surface area contributed by atoms with Crippen LogP contribution < -0.4 is 10.6 Å². The van der Waals surface area contributed by atoms with Gasteiger partial charge in [0.25, 0.3) is 0 Å². The first-order valence-electron chi connectivity index (χ1n) is 7.18. The Labute approximate surface area is 153 Å². The van der Waals surface area contributed by atoms with Gasteiger partial charge >= 0.3 is 6.09 Å². The molecule has 0 saturated heterocycles. The molecule has 1 aromatic carbocycles. The standard InChI is InChI=1S/C16H22Br2N2O3/c1-16(2,3)23-15(22)20-7-5-4-6-19-10-11-8-12(17)14(21)13(18)9-11/h4-5,8-9,19,21H,6-7,10H2,1-3H3,(H,20,22)/b5-4+. The van der Waals surface area contributed by atoms with E-state index in [9.17, 15) is 9.90 Å². The molecule has 0 aromatic heterocycles. The summed E-state index contributed by atoms with van der Waals surface area (Å²) in [6.07, 6.45) is 3.37. The number of amides is 1. The molecule has 5 nitrogen and oxygen atoms in total. The van der Waals surface area contributed by atoms with Crippen molar-refractivity contribution in [3.8, 4) is 5.75 Å². The van der Waals surface area contributed by atoms with Crippen LogP contribution in [-0.4, -0.2) is 29.9 Å². The number of phenols is 1. The zero-order chi connectivity index (χ0) is 17.5. The van der Waals surface area contributed by atoms with Gasteiger partial charge in [0.15, 0.2) is 0 Å².